The normalized spacial score (nSPS) is 13.0. The molecule has 3 aromatic rings. The van der Waals surface area contributed by atoms with Gasteiger partial charge in [0, 0.05) is 18.7 Å². The Hall–Kier alpha value is -2.39. The molecule has 0 spiro atoms. The van der Waals surface area contributed by atoms with Gasteiger partial charge < -0.3 is 10.4 Å². The van der Waals surface area contributed by atoms with Crippen LogP contribution in [0, 0.1) is 0 Å². The first-order valence-corrected chi connectivity index (χ1v) is 8.90. The summed E-state index contributed by atoms with van der Waals surface area (Å²) in [5.41, 5.74) is 0.581. The highest BCUT2D eigenvalue weighted by atomic mass is 79.9. The van der Waals surface area contributed by atoms with Crippen LogP contribution in [0.15, 0.2) is 45.9 Å². The topological polar surface area (TPSA) is 80.0 Å². The summed E-state index contributed by atoms with van der Waals surface area (Å²) in [6.07, 6.45) is 1.33. The number of aryl methyl sites for hydroxylation is 1. The number of hydrogen-bond acceptors (Lipinski definition) is 5. The van der Waals surface area contributed by atoms with Crippen molar-refractivity contribution in [1.82, 2.24) is 14.5 Å². The molecular formula is C18H17BrF2N4O2. The first kappa shape index (κ1) is 19.4. The van der Waals surface area contributed by atoms with Crippen molar-refractivity contribution in [2.75, 3.05) is 11.9 Å². The molecule has 0 aliphatic rings. The Bertz CT molecular complexity index is 1060. The summed E-state index contributed by atoms with van der Waals surface area (Å²) in [6, 6.07) is 7.13. The summed E-state index contributed by atoms with van der Waals surface area (Å²) >= 11 is 3.23. The molecule has 1 atom stereocenters. The predicted molar refractivity (Wildman–Crippen MR) is 102 cm³/mol. The third-order valence-electron chi connectivity index (χ3n) is 4.32. The molecule has 0 aliphatic carbocycles. The summed E-state index contributed by atoms with van der Waals surface area (Å²) in [4.78, 5) is 20.4. The van der Waals surface area contributed by atoms with E-state index in [0.29, 0.717) is 26.9 Å². The van der Waals surface area contributed by atoms with Crippen molar-refractivity contribution >= 4 is 32.8 Å². The molecule has 0 saturated heterocycles. The van der Waals surface area contributed by atoms with Crippen LogP contribution in [0.5, 0.6) is 0 Å². The Labute approximate surface area is 162 Å². The molecule has 0 amide bonds. The Morgan fingerprint density at radius 2 is 2.07 bits per heavy atom. The SMILES string of the molecule is CC(Nc1ncnc2c1cc(Br)c(=O)n2C)c1cccc(C(F)(F)CO)c1. The van der Waals surface area contributed by atoms with Gasteiger partial charge in [0.2, 0.25) is 0 Å². The number of rotatable bonds is 5. The van der Waals surface area contributed by atoms with E-state index in [0.717, 1.165) is 0 Å². The molecular weight excluding hydrogens is 422 g/mol. The highest BCUT2D eigenvalue weighted by Gasteiger charge is 2.30. The van der Waals surface area contributed by atoms with Gasteiger partial charge in [-0.15, -0.1) is 0 Å². The number of fused-ring (bicyclic) bond motifs is 1. The van der Waals surface area contributed by atoms with Crippen molar-refractivity contribution in [2.24, 2.45) is 7.05 Å². The fraction of sp³-hybridized carbons (Fsp3) is 0.278. The number of anilines is 1. The van der Waals surface area contributed by atoms with Crippen molar-refractivity contribution in [3.8, 4) is 0 Å². The number of nitrogens with zero attached hydrogens (tertiary/aromatic N) is 3. The van der Waals surface area contributed by atoms with Gasteiger partial charge in [-0.3, -0.25) is 9.36 Å². The van der Waals surface area contributed by atoms with Gasteiger partial charge in [0.25, 0.3) is 11.5 Å². The van der Waals surface area contributed by atoms with Gasteiger partial charge in [-0.2, -0.15) is 8.78 Å². The second kappa shape index (κ2) is 7.32. The van der Waals surface area contributed by atoms with Crippen LogP contribution in [0.1, 0.15) is 24.1 Å². The number of hydrogen-bond donors (Lipinski definition) is 2. The van der Waals surface area contributed by atoms with E-state index in [-0.39, 0.29) is 17.2 Å². The van der Waals surface area contributed by atoms with E-state index in [1.165, 1.54) is 29.1 Å². The Morgan fingerprint density at radius 3 is 2.78 bits per heavy atom. The predicted octanol–water partition coefficient (Wildman–Crippen LogP) is 3.35. The number of alkyl halides is 2. The molecule has 0 radical (unpaired) electrons. The van der Waals surface area contributed by atoms with E-state index in [1.807, 2.05) is 0 Å². The van der Waals surface area contributed by atoms with Gasteiger partial charge in [-0.1, -0.05) is 18.2 Å². The summed E-state index contributed by atoms with van der Waals surface area (Å²) in [7, 11) is 1.61. The second-order valence-electron chi connectivity index (χ2n) is 6.17. The zero-order valence-electron chi connectivity index (χ0n) is 14.6. The number of aliphatic hydroxyl groups is 1. The van der Waals surface area contributed by atoms with Gasteiger partial charge in [-0.05, 0) is 40.5 Å². The van der Waals surface area contributed by atoms with Crippen molar-refractivity contribution in [2.45, 2.75) is 18.9 Å². The maximum atomic E-state index is 13.8. The van der Waals surface area contributed by atoms with Crippen LogP contribution < -0.4 is 10.9 Å². The second-order valence-corrected chi connectivity index (χ2v) is 7.02. The highest BCUT2D eigenvalue weighted by molar-refractivity contribution is 9.10. The number of nitrogens with one attached hydrogen (secondary N) is 1. The third-order valence-corrected chi connectivity index (χ3v) is 4.89. The molecule has 0 aliphatic heterocycles. The number of pyridine rings is 1. The molecule has 0 fully saturated rings. The lowest BCUT2D eigenvalue weighted by Gasteiger charge is -2.19. The van der Waals surface area contributed by atoms with Gasteiger partial charge in [0.05, 0.1) is 9.86 Å². The molecule has 2 N–H and O–H groups in total. The van der Waals surface area contributed by atoms with Crippen LogP contribution in [0.3, 0.4) is 0 Å². The van der Waals surface area contributed by atoms with Gasteiger partial charge in [-0.25, -0.2) is 9.97 Å². The molecule has 1 aromatic carbocycles. The molecule has 2 aromatic heterocycles. The summed E-state index contributed by atoms with van der Waals surface area (Å²) in [5, 5.41) is 12.7. The molecule has 142 valence electrons. The molecule has 6 nitrogen and oxygen atoms in total. The van der Waals surface area contributed by atoms with Crippen LogP contribution in [-0.4, -0.2) is 26.2 Å². The standard InChI is InChI=1S/C18H17BrF2N4O2/c1-10(11-4-3-5-12(6-11)18(20,21)8-26)24-15-13-7-14(19)17(27)25(2)16(13)23-9-22-15/h3-7,9-10,26H,8H2,1-2H3,(H,22,23,24). The first-order chi connectivity index (χ1) is 12.7. The lowest BCUT2D eigenvalue weighted by atomic mass is 10.0. The average Bonchev–Trinajstić information content (AvgIpc) is 2.67. The maximum Gasteiger partial charge on any atom is 0.295 e. The van der Waals surface area contributed by atoms with Crippen LogP contribution in [0.2, 0.25) is 0 Å². The number of benzene rings is 1. The van der Waals surface area contributed by atoms with Gasteiger partial charge >= 0.3 is 0 Å². The van der Waals surface area contributed by atoms with E-state index in [9.17, 15) is 13.6 Å². The molecule has 0 bridgehead atoms. The lowest BCUT2D eigenvalue weighted by molar-refractivity contribution is -0.0556. The van der Waals surface area contributed by atoms with Crippen LogP contribution in [0.4, 0.5) is 14.6 Å². The number of aliphatic hydroxyl groups excluding tert-OH is 1. The maximum absolute atomic E-state index is 13.8. The first-order valence-electron chi connectivity index (χ1n) is 8.10. The van der Waals surface area contributed by atoms with Crippen molar-refractivity contribution in [3.05, 3.63) is 62.6 Å². The largest absolute Gasteiger partial charge is 0.390 e. The minimum atomic E-state index is -3.31. The van der Waals surface area contributed by atoms with Crippen molar-refractivity contribution in [3.63, 3.8) is 0 Å². The van der Waals surface area contributed by atoms with Crippen LogP contribution in [-0.2, 0) is 13.0 Å². The van der Waals surface area contributed by atoms with Crippen molar-refractivity contribution in [1.29, 1.82) is 0 Å². The molecule has 3 rings (SSSR count). The smallest absolute Gasteiger partial charge is 0.295 e. The van der Waals surface area contributed by atoms with Crippen molar-refractivity contribution < 1.29 is 13.9 Å². The zero-order valence-corrected chi connectivity index (χ0v) is 16.2. The summed E-state index contributed by atoms with van der Waals surface area (Å²) in [6.45, 7) is 0.554. The Kier molecular flexibility index (Phi) is 5.25. The quantitative estimate of drug-likeness (QED) is 0.638. The van der Waals surface area contributed by atoms with Crippen LogP contribution in [0.25, 0.3) is 11.0 Å². The van der Waals surface area contributed by atoms with E-state index in [1.54, 1.807) is 26.1 Å². The molecule has 27 heavy (non-hydrogen) atoms. The van der Waals surface area contributed by atoms with Crippen LogP contribution >= 0.6 is 15.9 Å². The monoisotopic (exact) mass is 438 g/mol. The molecule has 2 heterocycles. The molecule has 1 unspecified atom stereocenters. The summed E-state index contributed by atoms with van der Waals surface area (Å²) in [5.74, 6) is -2.83. The Morgan fingerprint density at radius 1 is 1.33 bits per heavy atom. The summed E-state index contributed by atoms with van der Waals surface area (Å²) < 4.78 is 29.3. The fourth-order valence-corrected chi connectivity index (χ4v) is 3.26. The van der Waals surface area contributed by atoms with Gasteiger partial charge in [0.15, 0.2) is 0 Å². The Balaban J connectivity index is 1.99. The minimum Gasteiger partial charge on any atom is -0.390 e. The third kappa shape index (κ3) is 3.70. The highest BCUT2D eigenvalue weighted by Crippen LogP contribution is 2.30. The molecule has 0 saturated carbocycles. The number of aromatic nitrogens is 3. The lowest BCUT2D eigenvalue weighted by Crippen LogP contribution is -2.20. The molecule has 9 heteroatoms. The van der Waals surface area contributed by atoms with Gasteiger partial charge in [0.1, 0.15) is 24.4 Å². The average molecular weight is 439 g/mol. The zero-order chi connectivity index (χ0) is 19.8. The van der Waals surface area contributed by atoms with E-state index < -0.39 is 12.5 Å². The van der Waals surface area contributed by atoms with E-state index >= 15 is 0 Å². The number of halogens is 3. The van der Waals surface area contributed by atoms with E-state index in [4.69, 9.17) is 5.11 Å². The minimum absolute atomic E-state index is 0.223. The fourth-order valence-electron chi connectivity index (χ4n) is 2.76. The van der Waals surface area contributed by atoms with E-state index in [2.05, 4.69) is 31.2 Å².